The van der Waals surface area contributed by atoms with Crippen LogP contribution in [0, 0.1) is 5.82 Å². The van der Waals surface area contributed by atoms with Crippen LogP contribution in [0.2, 0.25) is 0 Å². The van der Waals surface area contributed by atoms with E-state index in [1.54, 1.807) is 18.2 Å². The van der Waals surface area contributed by atoms with Gasteiger partial charge in [0.2, 0.25) is 0 Å². The second-order valence-electron chi connectivity index (χ2n) is 2.57. The maximum atomic E-state index is 13.2. The number of aliphatic hydroxyl groups excluding tert-OH is 1. The van der Waals surface area contributed by atoms with E-state index in [1.807, 2.05) is 6.08 Å². The van der Waals surface area contributed by atoms with Crippen LogP contribution in [0.25, 0.3) is 6.08 Å². The van der Waals surface area contributed by atoms with Gasteiger partial charge in [-0.2, -0.15) is 0 Å². The maximum Gasteiger partial charge on any atom is 0.130 e. The van der Waals surface area contributed by atoms with Gasteiger partial charge in [0.05, 0.1) is 6.61 Å². The SMILES string of the molecule is OCc1ccc(C=CCBr)c(F)c1. The van der Waals surface area contributed by atoms with Crippen LogP contribution in [0.3, 0.4) is 0 Å². The zero-order valence-corrected chi connectivity index (χ0v) is 8.59. The van der Waals surface area contributed by atoms with Gasteiger partial charge in [0.25, 0.3) is 0 Å². The molecule has 1 N–H and O–H groups in total. The summed E-state index contributed by atoms with van der Waals surface area (Å²) in [6, 6.07) is 4.70. The topological polar surface area (TPSA) is 20.2 Å². The van der Waals surface area contributed by atoms with Crippen LogP contribution in [0.4, 0.5) is 4.39 Å². The van der Waals surface area contributed by atoms with Crippen molar-refractivity contribution < 1.29 is 9.50 Å². The summed E-state index contributed by atoms with van der Waals surface area (Å²) in [5.41, 5.74) is 1.13. The molecule has 0 bridgehead atoms. The number of halogens is 2. The Morgan fingerprint density at radius 2 is 2.23 bits per heavy atom. The predicted octanol–water partition coefficient (Wildman–Crippen LogP) is 2.73. The van der Waals surface area contributed by atoms with Crippen LogP contribution in [-0.2, 0) is 6.61 Å². The molecule has 0 fully saturated rings. The Labute approximate surface area is 85.0 Å². The summed E-state index contributed by atoms with van der Waals surface area (Å²) in [5, 5.41) is 9.44. The highest BCUT2D eigenvalue weighted by Gasteiger charge is 1.99. The monoisotopic (exact) mass is 244 g/mol. The number of benzene rings is 1. The van der Waals surface area contributed by atoms with E-state index in [9.17, 15) is 4.39 Å². The maximum absolute atomic E-state index is 13.2. The molecule has 0 aliphatic rings. The average Bonchev–Trinajstić information content (AvgIpc) is 2.16. The molecule has 0 radical (unpaired) electrons. The highest BCUT2D eigenvalue weighted by Crippen LogP contribution is 2.12. The third-order valence-electron chi connectivity index (χ3n) is 1.63. The van der Waals surface area contributed by atoms with Gasteiger partial charge in [-0.25, -0.2) is 4.39 Å². The Hall–Kier alpha value is -0.670. The molecule has 1 aromatic rings. The van der Waals surface area contributed by atoms with Crippen LogP contribution in [0.1, 0.15) is 11.1 Å². The summed E-state index contributed by atoms with van der Waals surface area (Å²) in [6.45, 7) is -0.126. The van der Waals surface area contributed by atoms with Crippen LogP contribution < -0.4 is 0 Å². The fraction of sp³-hybridized carbons (Fsp3) is 0.200. The first kappa shape index (κ1) is 10.4. The molecule has 3 heteroatoms. The number of aliphatic hydroxyl groups is 1. The molecular formula is C10H10BrFO. The Morgan fingerprint density at radius 1 is 1.46 bits per heavy atom. The lowest BCUT2D eigenvalue weighted by Gasteiger charge is -1.99. The van der Waals surface area contributed by atoms with Crippen molar-refractivity contribution >= 4 is 22.0 Å². The minimum atomic E-state index is -0.302. The van der Waals surface area contributed by atoms with E-state index >= 15 is 0 Å². The van der Waals surface area contributed by atoms with E-state index < -0.39 is 0 Å². The second kappa shape index (κ2) is 5.14. The molecule has 0 amide bonds. The first-order valence-electron chi connectivity index (χ1n) is 3.89. The lowest BCUT2D eigenvalue weighted by atomic mass is 10.1. The number of allylic oxidation sites excluding steroid dienone is 1. The summed E-state index contributed by atoms with van der Waals surface area (Å²) in [7, 11) is 0. The van der Waals surface area contributed by atoms with E-state index in [0.717, 1.165) is 0 Å². The summed E-state index contributed by atoms with van der Waals surface area (Å²) in [5.74, 6) is -0.302. The van der Waals surface area contributed by atoms with Crippen molar-refractivity contribution in [1.29, 1.82) is 0 Å². The van der Waals surface area contributed by atoms with E-state index in [1.165, 1.54) is 6.07 Å². The Balaban J connectivity index is 2.91. The van der Waals surface area contributed by atoms with E-state index in [4.69, 9.17) is 5.11 Å². The molecule has 0 aliphatic heterocycles. The summed E-state index contributed by atoms with van der Waals surface area (Å²) in [4.78, 5) is 0. The lowest BCUT2D eigenvalue weighted by molar-refractivity contribution is 0.281. The van der Waals surface area contributed by atoms with Gasteiger partial charge in [-0.15, -0.1) is 0 Å². The Bertz CT molecular complexity index is 310. The number of hydrogen-bond donors (Lipinski definition) is 1. The molecule has 0 saturated carbocycles. The molecule has 1 rings (SSSR count). The summed E-state index contributed by atoms with van der Waals surface area (Å²) >= 11 is 3.21. The van der Waals surface area contributed by atoms with Crippen molar-refractivity contribution in [3.63, 3.8) is 0 Å². The molecule has 0 saturated heterocycles. The largest absolute Gasteiger partial charge is 0.392 e. The minimum Gasteiger partial charge on any atom is -0.392 e. The van der Waals surface area contributed by atoms with Crippen molar-refractivity contribution in [2.24, 2.45) is 0 Å². The summed E-state index contributed by atoms with van der Waals surface area (Å²) < 4.78 is 13.2. The van der Waals surface area contributed by atoms with Crippen molar-refractivity contribution in [1.82, 2.24) is 0 Å². The van der Waals surface area contributed by atoms with Gasteiger partial charge in [0.1, 0.15) is 5.82 Å². The Kier molecular flexibility index (Phi) is 4.12. The fourth-order valence-electron chi connectivity index (χ4n) is 0.976. The predicted molar refractivity (Wildman–Crippen MR) is 55.2 cm³/mol. The molecule has 0 aliphatic carbocycles. The van der Waals surface area contributed by atoms with Gasteiger partial charge in [-0.1, -0.05) is 40.2 Å². The van der Waals surface area contributed by atoms with E-state index in [-0.39, 0.29) is 12.4 Å². The quantitative estimate of drug-likeness (QED) is 0.812. The summed E-state index contributed by atoms with van der Waals surface area (Å²) in [6.07, 6.45) is 3.52. The standard InChI is InChI=1S/C10H10BrFO/c11-5-1-2-9-4-3-8(7-13)6-10(9)12/h1-4,6,13H,5,7H2. The third kappa shape index (κ3) is 2.94. The number of hydrogen-bond acceptors (Lipinski definition) is 1. The van der Waals surface area contributed by atoms with Gasteiger partial charge in [-0.05, 0) is 11.6 Å². The molecular weight excluding hydrogens is 235 g/mol. The highest BCUT2D eigenvalue weighted by molar-refractivity contribution is 9.09. The number of alkyl halides is 1. The normalized spacial score (nSPS) is 11.0. The van der Waals surface area contributed by atoms with Crippen molar-refractivity contribution in [2.45, 2.75) is 6.61 Å². The van der Waals surface area contributed by atoms with E-state index in [2.05, 4.69) is 15.9 Å². The molecule has 0 atom stereocenters. The molecule has 13 heavy (non-hydrogen) atoms. The van der Waals surface area contributed by atoms with Crippen molar-refractivity contribution in [3.8, 4) is 0 Å². The van der Waals surface area contributed by atoms with E-state index in [0.29, 0.717) is 16.5 Å². The first-order valence-corrected chi connectivity index (χ1v) is 5.02. The minimum absolute atomic E-state index is 0.126. The molecule has 0 aromatic heterocycles. The zero-order chi connectivity index (χ0) is 9.68. The molecule has 1 nitrogen and oxygen atoms in total. The first-order chi connectivity index (χ1) is 6.27. The number of rotatable bonds is 3. The van der Waals surface area contributed by atoms with Gasteiger partial charge in [-0.3, -0.25) is 0 Å². The molecule has 0 spiro atoms. The third-order valence-corrected chi connectivity index (χ3v) is 2.01. The zero-order valence-electron chi connectivity index (χ0n) is 7.00. The van der Waals surface area contributed by atoms with Crippen LogP contribution in [0.15, 0.2) is 24.3 Å². The van der Waals surface area contributed by atoms with Gasteiger partial charge < -0.3 is 5.11 Å². The molecule has 0 heterocycles. The van der Waals surface area contributed by atoms with Crippen LogP contribution in [0.5, 0.6) is 0 Å². The average molecular weight is 245 g/mol. The molecule has 70 valence electrons. The van der Waals surface area contributed by atoms with Crippen molar-refractivity contribution in [3.05, 3.63) is 41.2 Å². The lowest BCUT2D eigenvalue weighted by Crippen LogP contribution is -1.87. The van der Waals surface area contributed by atoms with Gasteiger partial charge >= 0.3 is 0 Å². The molecule has 0 unspecified atom stereocenters. The smallest absolute Gasteiger partial charge is 0.130 e. The van der Waals surface area contributed by atoms with Gasteiger partial charge in [0, 0.05) is 10.9 Å². The highest BCUT2D eigenvalue weighted by atomic mass is 79.9. The van der Waals surface area contributed by atoms with Crippen LogP contribution in [-0.4, -0.2) is 10.4 Å². The second-order valence-corrected chi connectivity index (χ2v) is 3.22. The van der Waals surface area contributed by atoms with Crippen molar-refractivity contribution in [2.75, 3.05) is 5.33 Å². The molecule has 1 aromatic carbocycles. The Morgan fingerprint density at radius 3 is 2.77 bits per heavy atom. The van der Waals surface area contributed by atoms with Crippen LogP contribution >= 0.6 is 15.9 Å². The fourth-order valence-corrected chi connectivity index (χ4v) is 1.16. The van der Waals surface area contributed by atoms with Gasteiger partial charge in [0.15, 0.2) is 0 Å².